The molecule has 17 heavy (non-hydrogen) atoms. The monoisotopic (exact) mass is 264 g/mol. The van der Waals surface area contributed by atoms with Crippen molar-refractivity contribution in [2.75, 3.05) is 5.73 Å². The highest BCUT2D eigenvalue weighted by Crippen LogP contribution is 2.44. The summed E-state index contributed by atoms with van der Waals surface area (Å²) in [6, 6.07) is 6.27. The molecule has 0 bridgehead atoms. The molecule has 1 heterocycles. The van der Waals surface area contributed by atoms with Crippen LogP contribution in [0.2, 0.25) is 5.02 Å². The van der Waals surface area contributed by atoms with E-state index in [-0.39, 0.29) is 0 Å². The molecular weight excluding hydrogens is 252 g/mol. The maximum atomic E-state index is 6.34. The van der Waals surface area contributed by atoms with Crippen LogP contribution in [0.3, 0.4) is 0 Å². The minimum atomic E-state index is 0.382. The number of fused-ring (bicyclic) bond motifs is 1. The zero-order valence-electron chi connectivity index (χ0n) is 9.53. The molecule has 1 aromatic heterocycles. The van der Waals surface area contributed by atoms with Gasteiger partial charge < -0.3 is 5.73 Å². The predicted octanol–water partition coefficient (Wildman–Crippen LogP) is 3.77. The van der Waals surface area contributed by atoms with E-state index in [1.807, 2.05) is 6.07 Å². The summed E-state index contributed by atoms with van der Waals surface area (Å²) in [5, 5.41) is 1.53. The largest absolute Gasteiger partial charge is 0.375 e. The number of hydrogen-bond acceptors (Lipinski definition) is 3. The lowest BCUT2D eigenvalue weighted by atomic mass is 9.97. The first-order chi connectivity index (χ1) is 8.15. The molecule has 2 nitrogen and oxygen atoms in total. The van der Waals surface area contributed by atoms with Gasteiger partial charge in [-0.1, -0.05) is 23.7 Å². The summed E-state index contributed by atoms with van der Waals surface area (Å²) in [7, 11) is 0. The number of aromatic nitrogens is 1. The summed E-state index contributed by atoms with van der Waals surface area (Å²) in [4.78, 5) is 5.67. The van der Waals surface area contributed by atoms with E-state index in [4.69, 9.17) is 17.3 Å². The minimum absolute atomic E-state index is 0.382. The van der Waals surface area contributed by atoms with E-state index in [1.54, 1.807) is 11.3 Å². The molecule has 2 N–H and O–H groups in total. The van der Waals surface area contributed by atoms with Crippen molar-refractivity contribution >= 4 is 28.1 Å². The van der Waals surface area contributed by atoms with Crippen molar-refractivity contribution in [2.24, 2.45) is 0 Å². The third-order valence-corrected chi connectivity index (χ3v) is 4.63. The van der Waals surface area contributed by atoms with Gasteiger partial charge in [0, 0.05) is 15.8 Å². The lowest BCUT2D eigenvalue weighted by Crippen LogP contribution is -1.95. The number of thiazole rings is 1. The van der Waals surface area contributed by atoms with Crippen LogP contribution in [0.5, 0.6) is 0 Å². The average Bonchev–Trinajstić information content (AvgIpc) is 2.78. The smallest absolute Gasteiger partial charge is 0.180 e. The summed E-state index contributed by atoms with van der Waals surface area (Å²) in [6.45, 7) is 2.06. The molecule has 0 aliphatic heterocycles. The maximum absolute atomic E-state index is 6.34. The standard InChI is InChI=1S/C13H13ClN2S/c1-7-2-3-8(10(14)6-7)9-4-5-11-12(9)17-13(15)16-11/h2-3,6,9H,4-5H2,1H3,(H2,15,16). The second-order valence-electron chi connectivity index (χ2n) is 4.48. The Bertz CT molecular complexity index is 577. The molecule has 88 valence electrons. The topological polar surface area (TPSA) is 38.9 Å². The fraction of sp³-hybridized carbons (Fsp3) is 0.308. The van der Waals surface area contributed by atoms with E-state index >= 15 is 0 Å². The van der Waals surface area contributed by atoms with Crippen LogP contribution < -0.4 is 5.73 Å². The molecular formula is C13H13ClN2S. The third-order valence-electron chi connectivity index (χ3n) is 3.26. The van der Waals surface area contributed by atoms with Gasteiger partial charge in [-0.25, -0.2) is 4.98 Å². The summed E-state index contributed by atoms with van der Waals surface area (Å²) in [5.74, 6) is 0.382. The molecule has 2 aromatic rings. The van der Waals surface area contributed by atoms with Crippen molar-refractivity contribution in [1.82, 2.24) is 4.98 Å². The van der Waals surface area contributed by atoms with E-state index in [0.717, 1.165) is 23.6 Å². The van der Waals surface area contributed by atoms with Crippen LogP contribution in [-0.4, -0.2) is 4.98 Å². The molecule has 0 saturated carbocycles. The zero-order chi connectivity index (χ0) is 12.0. The van der Waals surface area contributed by atoms with Gasteiger partial charge in [0.2, 0.25) is 0 Å². The number of hydrogen-bond donors (Lipinski definition) is 1. The zero-order valence-corrected chi connectivity index (χ0v) is 11.1. The molecule has 0 radical (unpaired) electrons. The van der Waals surface area contributed by atoms with Crippen LogP contribution in [-0.2, 0) is 6.42 Å². The number of halogens is 1. The molecule has 1 aliphatic rings. The van der Waals surface area contributed by atoms with Crippen LogP contribution in [0.15, 0.2) is 18.2 Å². The summed E-state index contributed by atoms with van der Waals surface area (Å²) < 4.78 is 0. The van der Waals surface area contributed by atoms with Gasteiger partial charge in [0.15, 0.2) is 5.13 Å². The molecule has 0 amide bonds. The van der Waals surface area contributed by atoms with Gasteiger partial charge in [-0.15, -0.1) is 11.3 Å². The minimum Gasteiger partial charge on any atom is -0.375 e. The Labute approximate surface area is 109 Å². The van der Waals surface area contributed by atoms with Crippen LogP contribution >= 0.6 is 22.9 Å². The number of benzene rings is 1. The Morgan fingerprint density at radius 1 is 1.47 bits per heavy atom. The number of nitrogen functional groups attached to an aromatic ring is 1. The molecule has 4 heteroatoms. The molecule has 1 aromatic carbocycles. The Morgan fingerprint density at radius 3 is 3.06 bits per heavy atom. The lowest BCUT2D eigenvalue weighted by molar-refractivity contribution is 0.790. The van der Waals surface area contributed by atoms with Crippen molar-refractivity contribution in [3.05, 3.63) is 44.9 Å². The number of aryl methyl sites for hydroxylation is 2. The van der Waals surface area contributed by atoms with E-state index in [9.17, 15) is 0 Å². The molecule has 3 rings (SSSR count). The summed E-state index contributed by atoms with van der Waals surface area (Å²) in [5.41, 5.74) is 9.33. The highest BCUT2D eigenvalue weighted by atomic mass is 35.5. The Hall–Kier alpha value is -1.06. The number of anilines is 1. The Morgan fingerprint density at radius 2 is 2.29 bits per heavy atom. The van der Waals surface area contributed by atoms with Gasteiger partial charge in [-0.2, -0.15) is 0 Å². The SMILES string of the molecule is Cc1ccc(C2CCc3nc(N)sc32)c(Cl)c1. The Balaban J connectivity index is 2.06. The van der Waals surface area contributed by atoms with Gasteiger partial charge in [0.05, 0.1) is 5.69 Å². The molecule has 0 saturated heterocycles. The van der Waals surface area contributed by atoms with Gasteiger partial charge in [0.1, 0.15) is 0 Å². The first-order valence-corrected chi connectivity index (χ1v) is 6.85. The van der Waals surface area contributed by atoms with Crippen molar-refractivity contribution < 1.29 is 0 Å². The van der Waals surface area contributed by atoms with Gasteiger partial charge in [0.25, 0.3) is 0 Å². The van der Waals surface area contributed by atoms with Crippen LogP contribution in [0.25, 0.3) is 0 Å². The van der Waals surface area contributed by atoms with Crippen LogP contribution in [0, 0.1) is 6.92 Å². The van der Waals surface area contributed by atoms with Crippen molar-refractivity contribution in [3.63, 3.8) is 0 Å². The van der Waals surface area contributed by atoms with Crippen molar-refractivity contribution in [1.29, 1.82) is 0 Å². The lowest BCUT2D eigenvalue weighted by Gasteiger charge is -2.12. The molecule has 1 aliphatic carbocycles. The molecule has 0 fully saturated rings. The van der Waals surface area contributed by atoms with Crippen molar-refractivity contribution in [3.8, 4) is 0 Å². The van der Waals surface area contributed by atoms with Crippen LogP contribution in [0.4, 0.5) is 5.13 Å². The van der Waals surface area contributed by atoms with E-state index in [1.165, 1.54) is 16.0 Å². The predicted molar refractivity (Wildman–Crippen MR) is 72.9 cm³/mol. The molecule has 0 spiro atoms. The normalized spacial score (nSPS) is 18.4. The van der Waals surface area contributed by atoms with Gasteiger partial charge in [-0.3, -0.25) is 0 Å². The van der Waals surface area contributed by atoms with E-state index in [0.29, 0.717) is 11.0 Å². The number of nitrogens with zero attached hydrogens (tertiary/aromatic N) is 1. The number of nitrogens with two attached hydrogens (primary N) is 1. The van der Waals surface area contributed by atoms with Gasteiger partial charge in [-0.05, 0) is 37.0 Å². The van der Waals surface area contributed by atoms with Gasteiger partial charge >= 0.3 is 0 Å². The summed E-state index contributed by atoms with van der Waals surface area (Å²) >= 11 is 7.94. The highest BCUT2D eigenvalue weighted by Gasteiger charge is 2.29. The molecule has 1 unspecified atom stereocenters. The quantitative estimate of drug-likeness (QED) is 0.852. The second kappa shape index (κ2) is 4.00. The maximum Gasteiger partial charge on any atom is 0.180 e. The fourth-order valence-corrected chi connectivity index (χ4v) is 3.86. The average molecular weight is 265 g/mol. The Kier molecular flexibility index (Phi) is 2.60. The van der Waals surface area contributed by atoms with E-state index < -0.39 is 0 Å². The highest BCUT2D eigenvalue weighted by molar-refractivity contribution is 7.15. The fourth-order valence-electron chi connectivity index (χ4n) is 2.46. The second-order valence-corrected chi connectivity index (χ2v) is 5.95. The molecule has 1 atom stereocenters. The first-order valence-electron chi connectivity index (χ1n) is 5.66. The first kappa shape index (κ1) is 11.1. The van der Waals surface area contributed by atoms with Crippen LogP contribution in [0.1, 0.15) is 34.0 Å². The third kappa shape index (κ3) is 1.83. The number of rotatable bonds is 1. The van der Waals surface area contributed by atoms with E-state index in [2.05, 4.69) is 24.0 Å². The summed E-state index contributed by atoms with van der Waals surface area (Å²) in [6.07, 6.45) is 2.11. The van der Waals surface area contributed by atoms with Crippen molar-refractivity contribution in [2.45, 2.75) is 25.7 Å².